The SMILES string of the molecule is CCc1cc(NC(=O)N2CCN(Cc3ccc(F)cc3)CC2)c(OC)nc1C. The number of benzene rings is 1. The third kappa shape index (κ3) is 4.78. The van der Waals surface area contributed by atoms with Crippen molar-refractivity contribution in [3.63, 3.8) is 0 Å². The van der Waals surface area contributed by atoms with Crippen molar-refractivity contribution in [3.05, 3.63) is 53.0 Å². The average molecular weight is 386 g/mol. The number of pyridine rings is 1. The van der Waals surface area contributed by atoms with Gasteiger partial charge in [-0.1, -0.05) is 19.1 Å². The maximum absolute atomic E-state index is 13.0. The Bertz CT molecular complexity index is 818. The van der Waals surface area contributed by atoms with Crippen molar-refractivity contribution in [2.24, 2.45) is 0 Å². The van der Waals surface area contributed by atoms with E-state index in [0.29, 0.717) is 24.7 Å². The summed E-state index contributed by atoms with van der Waals surface area (Å²) in [6, 6.07) is 8.35. The number of hydrogen-bond acceptors (Lipinski definition) is 4. The molecule has 0 aliphatic carbocycles. The number of nitrogens with one attached hydrogen (secondary N) is 1. The van der Waals surface area contributed by atoms with Gasteiger partial charge in [-0.2, -0.15) is 0 Å². The van der Waals surface area contributed by atoms with Gasteiger partial charge >= 0.3 is 6.03 Å². The Kier molecular flexibility index (Phi) is 6.46. The number of aromatic nitrogens is 1. The summed E-state index contributed by atoms with van der Waals surface area (Å²) >= 11 is 0. The number of aryl methyl sites for hydroxylation is 2. The normalized spacial score (nSPS) is 14.8. The predicted molar refractivity (Wildman–Crippen MR) is 107 cm³/mol. The predicted octanol–water partition coefficient (Wildman–Crippen LogP) is 3.45. The Balaban J connectivity index is 1.57. The smallest absolute Gasteiger partial charge is 0.322 e. The van der Waals surface area contributed by atoms with Crippen LogP contribution < -0.4 is 10.1 Å². The van der Waals surface area contributed by atoms with Gasteiger partial charge in [-0.15, -0.1) is 0 Å². The van der Waals surface area contributed by atoms with Gasteiger partial charge in [0.05, 0.1) is 7.11 Å². The highest BCUT2D eigenvalue weighted by molar-refractivity contribution is 5.90. The van der Waals surface area contributed by atoms with E-state index in [2.05, 4.69) is 22.1 Å². The lowest BCUT2D eigenvalue weighted by molar-refractivity contribution is 0.143. The number of halogens is 1. The van der Waals surface area contributed by atoms with E-state index < -0.39 is 0 Å². The molecule has 0 spiro atoms. The number of piperazine rings is 1. The van der Waals surface area contributed by atoms with Crippen molar-refractivity contribution in [2.45, 2.75) is 26.8 Å². The lowest BCUT2D eigenvalue weighted by Gasteiger charge is -2.34. The van der Waals surface area contributed by atoms with Crippen molar-refractivity contribution in [2.75, 3.05) is 38.6 Å². The van der Waals surface area contributed by atoms with E-state index >= 15 is 0 Å². The number of carbonyl (C=O) groups is 1. The molecule has 0 radical (unpaired) electrons. The maximum Gasteiger partial charge on any atom is 0.322 e. The molecule has 1 aromatic heterocycles. The second kappa shape index (κ2) is 9.01. The third-order valence-electron chi connectivity index (χ3n) is 5.08. The highest BCUT2D eigenvalue weighted by Crippen LogP contribution is 2.25. The molecule has 0 unspecified atom stereocenters. The first-order valence-electron chi connectivity index (χ1n) is 9.57. The molecule has 2 aromatic rings. The standard InChI is InChI=1S/C21H27FN4O2/c1-4-17-13-19(20(28-3)23-15(17)2)24-21(27)26-11-9-25(10-12-26)14-16-5-7-18(22)8-6-16/h5-8,13H,4,9-12,14H2,1-3H3,(H,24,27). The summed E-state index contributed by atoms with van der Waals surface area (Å²) in [6.07, 6.45) is 0.841. The minimum atomic E-state index is -0.225. The van der Waals surface area contributed by atoms with E-state index in [4.69, 9.17) is 4.74 Å². The van der Waals surface area contributed by atoms with E-state index in [1.165, 1.54) is 12.1 Å². The largest absolute Gasteiger partial charge is 0.480 e. The first kappa shape index (κ1) is 20.1. The number of hydrogen-bond donors (Lipinski definition) is 1. The van der Waals surface area contributed by atoms with Crippen LogP contribution in [0.15, 0.2) is 30.3 Å². The zero-order valence-electron chi connectivity index (χ0n) is 16.7. The van der Waals surface area contributed by atoms with Crippen molar-refractivity contribution in [1.82, 2.24) is 14.8 Å². The van der Waals surface area contributed by atoms with Crippen LogP contribution in [-0.4, -0.2) is 54.1 Å². The zero-order valence-corrected chi connectivity index (χ0v) is 16.7. The fourth-order valence-corrected chi connectivity index (χ4v) is 3.38. The monoisotopic (exact) mass is 386 g/mol. The molecule has 28 heavy (non-hydrogen) atoms. The minimum absolute atomic E-state index is 0.146. The molecule has 6 nitrogen and oxygen atoms in total. The molecule has 2 heterocycles. The van der Waals surface area contributed by atoms with E-state index in [1.54, 1.807) is 24.1 Å². The summed E-state index contributed by atoms with van der Waals surface area (Å²) < 4.78 is 18.4. The molecule has 1 saturated heterocycles. The van der Waals surface area contributed by atoms with Gasteiger partial charge in [-0.05, 0) is 42.7 Å². The van der Waals surface area contributed by atoms with Crippen LogP contribution in [0.2, 0.25) is 0 Å². The van der Waals surface area contributed by atoms with Crippen molar-refractivity contribution >= 4 is 11.7 Å². The number of methoxy groups -OCH3 is 1. The number of anilines is 1. The van der Waals surface area contributed by atoms with Crippen LogP contribution in [0.5, 0.6) is 5.88 Å². The molecule has 150 valence electrons. The molecule has 7 heteroatoms. The number of carbonyl (C=O) groups excluding carboxylic acids is 1. The second-order valence-electron chi connectivity index (χ2n) is 6.96. The Hall–Kier alpha value is -2.67. The van der Waals surface area contributed by atoms with Crippen molar-refractivity contribution < 1.29 is 13.9 Å². The lowest BCUT2D eigenvalue weighted by Crippen LogP contribution is -2.49. The first-order chi connectivity index (χ1) is 13.5. The van der Waals surface area contributed by atoms with E-state index in [9.17, 15) is 9.18 Å². The molecule has 1 N–H and O–H groups in total. The molecular formula is C21H27FN4O2. The summed E-state index contributed by atoms with van der Waals surface area (Å²) in [5.41, 5.74) is 3.66. The van der Waals surface area contributed by atoms with Crippen LogP contribution >= 0.6 is 0 Å². The number of ether oxygens (including phenoxy) is 1. The van der Waals surface area contributed by atoms with Crippen LogP contribution in [0.4, 0.5) is 14.9 Å². The summed E-state index contributed by atoms with van der Waals surface area (Å²) in [6.45, 7) is 7.56. The van der Waals surface area contributed by atoms with Gasteiger partial charge in [0.15, 0.2) is 0 Å². The average Bonchev–Trinajstić information content (AvgIpc) is 2.71. The fraction of sp³-hybridized carbons (Fsp3) is 0.429. The van der Waals surface area contributed by atoms with Crippen LogP contribution in [0, 0.1) is 12.7 Å². The molecule has 2 amide bonds. The van der Waals surface area contributed by atoms with Crippen LogP contribution in [0.25, 0.3) is 0 Å². The van der Waals surface area contributed by atoms with Gasteiger partial charge in [-0.3, -0.25) is 4.90 Å². The maximum atomic E-state index is 13.0. The molecular weight excluding hydrogens is 359 g/mol. The third-order valence-corrected chi connectivity index (χ3v) is 5.08. The molecule has 1 aliphatic heterocycles. The quantitative estimate of drug-likeness (QED) is 0.855. The van der Waals surface area contributed by atoms with E-state index in [1.807, 2.05) is 13.0 Å². The number of nitrogens with zero attached hydrogens (tertiary/aromatic N) is 3. The van der Waals surface area contributed by atoms with Crippen LogP contribution in [-0.2, 0) is 13.0 Å². The molecule has 0 saturated carbocycles. The van der Waals surface area contributed by atoms with Gasteiger partial charge in [0.25, 0.3) is 0 Å². The highest BCUT2D eigenvalue weighted by atomic mass is 19.1. The zero-order chi connectivity index (χ0) is 20.1. The molecule has 1 aliphatic rings. The second-order valence-corrected chi connectivity index (χ2v) is 6.96. The Morgan fingerprint density at radius 2 is 1.89 bits per heavy atom. The highest BCUT2D eigenvalue weighted by Gasteiger charge is 2.22. The van der Waals surface area contributed by atoms with Gasteiger partial charge < -0.3 is 15.0 Å². The number of amides is 2. The molecule has 3 rings (SSSR count). The number of urea groups is 1. The Labute approximate surface area is 165 Å². The summed E-state index contributed by atoms with van der Waals surface area (Å²) in [5.74, 6) is 0.204. The molecule has 1 fully saturated rings. The van der Waals surface area contributed by atoms with Crippen molar-refractivity contribution in [3.8, 4) is 5.88 Å². The van der Waals surface area contributed by atoms with Crippen molar-refractivity contribution in [1.29, 1.82) is 0 Å². The van der Waals surface area contributed by atoms with Gasteiger partial charge in [0, 0.05) is 38.4 Å². The summed E-state index contributed by atoms with van der Waals surface area (Å²) in [4.78, 5) is 21.2. The molecule has 0 atom stereocenters. The van der Waals surface area contributed by atoms with E-state index in [0.717, 1.165) is 42.9 Å². The lowest BCUT2D eigenvalue weighted by atomic mass is 10.1. The molecule has 1 aromatic carbocycles. The minimum Gasteiger partial charge on any atom is -0.480 e. The first-order valence-corrected chi connectivity index (χ1v) is 9.57. The fourth-order valence-electron chi connectivity index (χ4n) is 3.38. The van der Waals surface area contributed by atoms with Gasteiger partial charge in [0.1, 0.15) is 11.5 Å². The number of rotatable bonds is 5. The summed E-state index contributed by atoms with van der Waals surface area (Å²) in [7, 11) is 1.55. The summed E-state index contributed by atoms with van der Waals surface area (Å²) in [5, 5.41) is 2.94. The molecule has 0 bridgehead atoms. The van der Waals surface area contributed by atoms with Gasteiger partial charge in [0.2, 0.25) is 5.88 Å². The van der Waals surface area contributed by atoms with Gasteiger partial charge in [-0.25, -0.2) is 14.2 Å². The van der Waals surface area contributed by atoms with Crippen LogP contribution in [0.3, 0.4) is 0 Å². The Morgan fingerprint density at radius 1 is 1.21 bits per heavy atom. The topological polar surface area (TPSA) is 57.7 Å². The Morgan fingerprint density at radius 3 is 2.50 bits per heavy atom. The van der Waals surface area contributed by atoms with E-state index in [-0.39, 0.29) is 11.8 Å². The van der Waals surface area contributed by atoms with Crippen LogP contribution in [0.1, 0.15) is 23.7 Å².